The maximum absolute atomic E-state index is 11.4. The summed E-state index contributed by atoms with van der Waals surface area (Å²) in [5.41, 5.74) is 7.29. The summed E-state index contributed by atoms with van der Waals surface area (Å²) >= 11 is 0. The first-order chi connectivity index (χ1) is 11.6. The second-order valence-corrected chi connectivity index (χ2v) is 7.25. The van der Waals surface area contributed by atoms with Crippen LogP contribution >= 0.6 is 0 Å². The molecule has 2 aliphatic rings. The van der Waals surface area contributed by atoms with Crippen LogP contribution in [-0.4, -0.2) is 17.7 Å². The summed E-state index contributed by atoms with van der Waals surface area (Å²) in [6, 6.07) is 15.3. The molecule has 0 radical (unpaired) electrons. The summed E-state index contributed by atoms with van der Waals surface area (Å²) in [5, 5.41) is 0. The minimum Gasteiger partial charge on any atom is -0.367 e. The van der Waals surface area contributed by atoms with Gasteiger partial charge in [0.25, 0.3) is 0 Å². The van der Waals surface area contributed by atoms with Gasteiger partial charge in [0, 0.05) is 24.4 Å². The molecule has 1 fully saturated rings. The highest BCUT2D eigenvalue weighted by Gasteiger charge is 2.44. The van der Waals surface area contributed by atoms with Crippen molar-refractivity contribution in [1.29, 1.82) is 0 Å². The van der Waals surface area contributed by atoms with Crippen LogP contribution in [-0.2, 0) is 23.2 Å². The van der Waals surface area contributed by atoms with Crippen LogP contribution in [0.5, 0.6) is 0 Å². The van der Waals surface area contributed by atoms with Crippen LogP contribution in [0.2, 0.25) is 0 Å². The second-order valence-electron chi connectivity index (χ2n) is 7.25. The van der Waals surface area contributed by atoms with Crippen molar-refractivity contribution in [3.63, 3.8) is 0 Å². The largest absolute Gasteiger partial charge is 0.367 e. The van der Waals surface area contributed by atoms with Gasteiger partial charge in [0.2, 0.25) is 0 Å². The van der Waals surface area contributed by atoms with Crippen molar-refractivity contribution in [2.24, 2.45) is 0 Å². The molecule has 0 saturated heterocycles. The summed E-state index contributed by atoms with van der Waals surface area (Å²) in [5.74, 6) is 0. The molecular formula is C22H23NO. The molecule has 0 N–H and O–H groups in total. The van der Waals surface area contributed by atoms with Crippen LogP contribution in [0.3, 0.4) is 0 Å². The Kier molecular flexibility index (Phi) is 3.56. The molecule has 122 valence electrons. The molecule has 0 atom stereocenters. The standard InChI is InChI=1S/C22H23NO/c1-16-3-5-18(6-4-16)14-23-12-9-19-13-20(22(15-24)10-11-22)7-8-21(19)17(23)2/h3-8,13,15H,2,9-12,14H2,1H3. The van der Waals surface area contributed by atoms with Gasteiger partial charge in [-0.15, -0.1) is 0 Å². The van der Waals surface area contributed by atoms with E-state index in [1.54, 1.807) is 0 Å². The number of hydrogen-bond acceptors (Lipinski definition) is 2. The van der Waals surface area contributed by atoms with Crippen molar-refractivity contribution in [2.45, 2.75) is 38.1 Å². The third-order valence-electron chi connectivity index (χ3n) is 5.53. The highest BCUT2D eigenvalue weighted by molar-refractivity contribution is 5.75. The molecule has 4 rings (SSSR count). The average Bonchev–Trinajstić information content (AvgIpc) is 3.40. The Balaban J connectivity index is 1.56. The van der Waals surface area contributed by atoms with E-state index in [-0.39, 0.29) is 5.41 Å². The maximum atomic E-state index is 11.4. The SMILES string of the molecule is C=C1c2ccc(C3(C=O)CC3)cc2CCN1Cc1ccc(C)cc1. The Morgan fingerprint density at radius 3 is 2.58 bits per heavy atom. The highest BCUT2D eigenvalue weighted by Crippen LogP contribution is 2.47. The van der Waals surface area contributed by atoms with Gasteiger partial charge < -0.3 is 9.69 Å². The zero-order valence-electron chi connectivity index (χ0n) is 14.2. The average molecular weight is 317 g/mol. The van der Waals surface area contributed by atoms with Crippen molar-refractivity contribution in [3.8, 4) is 0 Å². The molecule has 2 heteroatoms. The fourth-order valence-electron chi connectivity index (χ4n) is 3.65. The van der Waals surface area contributed by atoms with Gasteiger partial charge in [-0.3, -0.25) is 0 Å². The molecule has 0 bridgehead atoms. The number of benzene rings is 2. The third kappa shape index (κ3) is 2.56. The number of rotatable bonds is 4. The summed E-state index contributed by atoms with van der Waals surface area (Å²) in [7, 11) is 0. The molecule has 24 heavy (non-hydrogen) atoms. The van der Waals surface area contributed by atoms with Gasteiger partial charge in [-0.2, -0.15) is 0 Å². The van der Waals surface area contributed by atoms with Gasteiger partial charge in [0.1, 0.15) is 6.29 Å². The molecular weight excluding hydrogens is 294 g/mol. The molecule has 1 aliphatic heterocycles. The van der Waals surface area contributed by atoms with Gasteiger partial charge >= 0.3 is 0 Å². The monoisotopic (exact) mass is 317 g/mol. The quantitative estimate of drug-likeness (QED) is 0.786. The molecule has 2 aromatic carbocycles. The lowest BCUT2D eigenvalue weighted by atomic mass is 9.89. The van der Waals surface area contributed by atoms with Gasteiger partial charge in [0.05, 0.1) is 5.41 Å². The zero-order chi connectivity index (χ0) is 16.7. The topological polar surface area (TPSA) is 20.3 Å². The maximum Gasteiger partial charge on any atom is 0.130 e. The minimum atomic E-state index is -0.185. The number of carbonyl (C=O) groups excluding carboxylic acids is 1. The smallest absolute Gasteiger partial charge is 0.130 e. The lowest BCUT2D eigenvalue weighted by Crippen LogP contribution is -2.29. The van der Waals surface area contributed by atoms with Crippen molar-refractivity contribution < 1.29 is 4.79 Å². The molecule has 0 spiro atoms. The number of fused-ring (bicyclic) bond motifs is 1. The Morgan fingerprint density at radius 1 is 1.17 bits per heavy atom. The van der Waals surface area contributed by atoms with Crippen LogP contribution in [0.15, 0.2) is 49.0 Å². The van der Waals surface area contributed by atoms with Crippen LogP contribution in [0.4, 0.5) is 0 Å². The molecule has 1 saturated carbocycles. The first-order valence-corrected chi connectivity index (χ1v) is 8.71. The molecule has 1 aliphatic carbocycles. The zero-order valence-corrected chi connectivity index (χ0v) is 14.2. The summed E-state index contributed by atoms with van der Waals surface area (Å²) in [6.45, 7) is 8.33. The molecule has 0 unspecified atom stereocenters. The Bertz CT molecular complexity index is 799. The lowest BCUT2D eigenvalue weighted by molar-refractivity contribution is -0.109. The molecule has 0 aromatic heterocycles. The molecule has 1 heterocycles. The van der Waals surface area contributed by atoms with E-state index < -0.39 is 0 Å². The Morgan fingerprint density at radius 2 is 1.92 bits per heavy atom. The van der Waals surface area contributed by atoms with Crippen LogP contribution in [0, 0.1) is 6.92 Å². The van der Waals surface area contributed by atoms with Gasteiger partial charge in [0.15, 0.2) is 0 Å². The number of carbonyl (C=O) groups is 1. The lowest BCUT2D eigenvalue weighted by Gasteiger charge is -2.33. The van der Waals surface area contributed by atoms with E-state index in [1.165, 1.54) is 27.8 Å². The molecule has 2 aromatic rings. The number of nitrogens with zero attached hydrogens (tertiary/aromatic N) is 1. The van der Waals surface area contributed by atoms with Crippen molar-refractivity contribution in [2.75, 3.05) is 6.54 Å². The number of aldehydes is 1. The fourth-order valence-corrected chi connectivity index (χ4v) is 3.65. The number of hydrogen-bond donors (Lipinski definition) is 0. The molecule has 2 nitrogen and oxygen atoms in total. The van der Waals surface area contributed by atoms with E-state index in [1.807, 2.05) is 0 Å². The van der Waals surface area contributed by atoms with Gasteiger partial charge in [-0.25, -0.2) is 0 Å². The molecule has 0 amide bonds. The summed E-state index contributed by atoms with van der Waals surface area (Å²) < 4.78 is 0. The van der Waals surface area contributed by atoms with Crippen molar-refractivity contribution in [1.82, 2.24) is 4.90 Å². The van der Waals surface area contributed by atoms with E-state index in [0.29, 0.717) is 0 Å². The first kappa shape index (κ1) is 15.2. The van der Waals surface area contributed by atoms with E-state index >= 15 is 0 Å². The van der Waals surface area contributed by atoms with Crippen LogP contribution in [0.25, 0.3) is 5.70 Å². The predicted octanol–water partition coefficient (Wildman–Crippen LogP) is 4.25. The van der Waals surface area contributed by atoms with Gasteiger partial charge in [-0.05, 0) is 42.9 Å². The number of aryl methyl sites for hydroxylation is 1. The fraction of sp³-hybridized carbons (Fsp3) is 0.318. The summed E-state index contributed by atoms with van der Waals surface area (Å²) in [6.07, 6.45) is 4.14. The summed E-state index contributed by atoms with van der Waals surface area (Å²) in [4.78, 5) is 13.7. The first-order valence-electron chi connectivity index (χ1n) is 8.71. The van der Waals surface area contributed by atoms with Crippen molar-refractivity contribution >= 4 is 12.0 Å². The second kappa shape index (κ2) is 5.62. The third-order valence-corrected chi connectivity index (χ3v) is 5.53. The van der Waals surface area contributed by atoms with E-state index in [2.05, 4.69) is 60.9 Å². The van der Waals surface area contributed by atoms with Crippen molar-refractivity contribution in [3.05, 3.63) is 76.9 Å². The highest BCUT2D eigenvalue weighted by atomic mass is 16.1. The Labute approximate surface area is 143 Å². The van der Waals surface area contributed by atoms with Crippen LogP contribution < -0.4 is 0 Å². The van der Waals surface area contributed by atoms with Crippen LogP contribution in [0.1, 0.15) is 40.7 Å². The van der Waals surface area contributed by atoms with E-state index in [4.69, 9.17) is 0 Å². The van der Waals surface area contributed by atoms with Gasteiger partial charge in [-0.1, -0.05) is 54.6 Å². The minimum absolute atomic E-state index is 0.185. The van der Waals surface area contributed by atoms with E-state index in [9.17, 15) is 4.79 Å². The Hall–Kier alpha value is -2.35. The predicted molar refractivity (Wildman–Crippen MR) is 97.7 cm³/mol. The van der Waals surface area contributed by atoms with E-state index in [0.717, 1.165) is 44.3 Å². The normalized spacial score (nSPS) is 18.2.